The molecule has 0 aliphatic carbocycles. The average molecular weight is 389 g/mol. The van der Waals surface area contributed by atoms with E-state index in [0.29, 0.717) is 0 Å². The van der Waals surface area contributed by atoms with Crippen LogP contribution in [0.15, 0.2) is 91.3 Å². The molecule has 0 spiro atoms. The zero-order chi connectivity index (χ0) is 20.3. The van der Waals surface area contributed by atoms with Crippen molar-refractivity contribution < 1.29 is 0 Å². The maximum Gasteiger partial charge on any atom is 0.0970 e. The number of benzene rings is 3. The van der Waals surface area contributed by atoms with Gasteiger partial charge in [0.15, 0.2) is 0 Å². The predicted octanol–water partition coefficient (Wildman–Crippen LogP) is 7.46. The Morgan fingerprint density at radius 1 is 0.600 bits per heavy atom. The van der Waals surface area contributed by atoms with Gasteiger partial charge in [-0.25, -0.2) is 0 Å². The smallest absolute Gasteiger partial charge is 0.0970 e. The molecule has 0 amide bonds. The van der Waals surface area contributed by atoms with E-state index in [9.17, 15) is 0 Å². The quantitative estimate of drug-likeness (QED) is 0.292. The fourth-order valence-electron chi connectivity index (χ4n) is 4.18. The van der Waals surface area contributed by atoms with Gasteiger partial charge in [-0.1, -0.05) is 80.1 Å². The number of aryl methyl sites for hydroxylation is 1. The van der Waals surface area contributed by atoms with Gasteiger partial charge in [0.1, 0.15) is 0 Å². The maximum absolute atomic E-state index is 4.73. The molecule has 0 saturated carbocycles. The highest BCUT2D eigenvalue weighted by molar-refractivity contribution is 6.11. The third kappa shape index (κ3) is 3.35. The second kappa shape index (κ2) is 8.08. The van der Waals surface area contributed by atoms with Crippen LogP contribution >= 0.6 is 0 Å². The second-order valence-electron chi connectivity index (χ2n) is 7.74. The first-order valence-corrected chi connectivity index (χ1v) is 10.7. The van der Waals surface area contributed by atoms with Crippen molar-refractivity contribution in [3.8, 4) is 22.3 Å². The van der Waals surface area contributed by atoms with Crippen LogP contribution in [0.2, 0.25) is 0 Å². The summed E-state index contributed by atoms with van der Waals surface area (Å²) in [5.74, 6) is 0. The van der Waals surface area contributed by atoms with Crippen LogP contribution in [0.5, 0.6) is 0 Å². The van der Waals surface area contributed by atoms with E-state index >= 15 is 0 Å². The van der Waals surface area contributed by atoms with Crippen molar-refractivity contribution in [1.29, 1.82) is 0 Å². The Morgan fingerprint density at radius 3 is 1.73 bits per heavy atom. The van der Waals surface area contributed by atoms with Crippen LogP contribution in [0.4, 0.5) is 0 Å². The molecule has 2 nitrogen and oxygen atoms in total. The molecular weight excluding hydrogens is 364 g/mol. The minimum atomic E-state index is 0.954. The number of unbranched alkanes of at least 4 members (excludes halogenated alkanes) is 1. The van der Waals surface area contributed by atoms with Gasteiger partial charge >= 0.3 is 0 Å². The highest BCUT2D eigenvalue weighted by Gasteiger charge is 2.12. The van der Waals surface area contributed by atoms with Crippen molar-refractivity contribution in [2.24, 2.45) is 0 Å². The van der Waals surface area contributed by atoms with Crippen LogP contribution in [-0.2, 0) is 6.42 Å². The molecule has 0 N–H and O–H groups in total. The summed E-state index contributed by atoms with van der Waals surface area (Å²) in [5.41, 5.74) is 8.13. The molecule has 5 aromatic rings. The molecule has 2 aromatic heterocycles. The number of rotatable bonds is 5. The van der Waals surface area contributed by atoms with Gasteiger partial charge in [0, 0.05) is 23.2 Å². The number of aromatic nitrogens is 2. The van der Waals surface area contributed by atoms with Crippen molar-refractivity contribution in [2.45, 2.75) is 26.2 Å². The Kier molecular flexibility index (Phi) is 4.98. The normalized spacial score (nSPS) is 11.2. The van der Waals surface area contributed by atoms with Crippen LogP contribution in [0, 0.1) is 0 Å². The standard InChI is InChI=1S/C28H24N2/c1-2-3-7-20-10-12-22(13-11-20)24-17-19-30-28-26(24)15-14-25-23(16-18-29-27(25)28)21-8-5-4-6-9-21/h4-6,8-19H,2-3,7H2,1H3. The molecule has 0 saturated heterocycles. The molecule has 2 heterocycles. The molecule has 0 atom stereocenters. The third-order valence-electron chi connectivity index (χ3n) is 5.79. The topological polar surface area (TPSA) is 25.8 Å². The number of nitrogens with zero attached hydrogens (tertiary/aromatic N) is 2. The van der Waals surface area contributed by atoms with E-state index in [-0.39, 0.29) is 0 Å². The van der Waals surface area contributed by atoms with Crippen molar-refractivity contribution in [2.75, 3.05) is 0 Å². The van der Waals surface area contributed by atoms with E-state index in [1.165, 1.54) is 40.7 Å². The molecule has 5 rings (SSSR count). The summed E-state index contributed by atoms with van der Waals surface area (Å²) in [6.07, 6.45) is 7.39. The van der Waals surface area contributed by atoms with Gasteiger partial charge in [0.25, 0.3) is 0 Å². The molecule has 0 unspecified atom stereocenters. The number of pyridine rings is 2. The molecule has 0 aliphatic rings. The van der Waals surface area contributed by atoms with E-state index in [1.54, 1.807) is 0 Å². The summed E-state index contributed by atoms with van der Waals surface area (Å²) < 4.78 is 0. The minimum Gasteiger partial charge on any atom is -0.254 e. The molecule has 2 heteroatoms. The van der Waals surface area contributed by atoms with Crippen molar-refractivity contribution in [3.63, 3.8) is 0 Å². The summed E-state index contributed by atoms with van der Waals surface area (Å²) in [4.78, 5) is 9.44. The molecule has 0 bridgehead atoms. The van der Waals surface area contributed by atoms with Gasteiger partial charge in [-0.15, -0.1) is 0 Å². The third-order valence-corrected chi connectivity index (χ3v) is 5.79. The fourth-order valence-corrected chi connectivity index (χ4v) is 4.18. The van der Waals surface area contributed by atoms with Crippen LogP contribution < -0.4 is 0 Å². The monoisotopic (exact) mass is 388 g/mol. The fraction of sp³-hybridized carbons (Fsp3) is 0.143. The number of hydrogen-bond acceptors (Lipinski definition) is 2. The Hall–Kier alpha value is -3.52. The Labute approximate surface area is 177 Å². The van der Waals surface area contributed by atoms with Crippen LogP contribution in [0.1, 0.15) is 25.3 Å². The molecular formula is C28H24N2. The van der Waals surface area contributed by atoms with Crippen LogP contribution in [-0.4, -0.2) is 9.97 Å². The van der Waals surface area contributed by atoms with E-state index in [0.717, 1.165) is 28.2 Å². The predicted molar refractivity (Wildman–Crippen MR) is 127 cm³/mol. The maximum atomic E-state index is 4.73. The summed E-state index contributed by atoms with van der Waals surface area (Å²) in [7, 11) is 0. The molecule has 0 fully saturated rings. The number of fused-ring (bicyclic) bond motifs is 3. The first-order valence-electron chi connectivity index (χ1n) is 10.7. The first kappa shape index (κ1) is 18.5. The lowest BCUT2D eigenvalue weighted by Crippen LogP contribution is -1.91. The average Bonchev–Trinajstić information content (AvgIpc) is 2.82. The zero-order valence-corrected chi connectivity index (χ0v) is 17.2. The van der Waals surface area contributed by atoms with Crippen LogP contribution in [0.3, 0.4) is 0 Å². The lowest BCUT2D eigenvalue weighted by atomic mass is 9.96. The van der Waals surface area contributed by atoms with Gasteiger partial charge in [0.2, 0.25) is 0 Å². The highest BCUT2D eigenvalue weighted by atomic mass is 14.7. The Bertz CT molecular complexity index is 1310. The van der Waals surface area contributed by atoms with Gasteiger partial charge < -0.3 is 0 Å². The highest BCUT2D eigenvalue weighted by Crippen LogP contribution is 2.34. The van der Waals surface area contributed by atoms with Gasteiger partial charge in [-0.2, -0.15) is 0 Å². The van der Waals surface area contributed by atoms with Gasteiger partial charge in [0.05, 0.1) is 11.0 Å². The second-order valence-corrected chi connectivity index (χ2v) is 7.74. The molecule has 0 aliphatic heterocycles. The van der Waals surface area contributed by atoms with E-state index in [4.69, 9.17) is 9.97 Å². The van der Waals surface area contributed by atoms with E-state index in [2.05, 4.69) is 79.7 Å². The number of hydrogen-bond donors (Lipinski definition) is 0. The van der Waals surface area contributed by atoms with Crippen LogP contribution in [0.25, 0.3) is 44.1 Å². The molecule has 3 aromatic carbocycles. The summed E-state index contributed by atoms with van der Waals surface area (Å²) in [5, 5.41) is 2.28. The zero-order valence-electron chi connectivity index (χ0n) is 17.2. The lowest BCUT2D eigenvalue weighted by Gasteiger charge is -2.11. The molecule has 146 valence electrons. The Balaban J connectivity index is 1.65. The molecule has 30 heavy (non-hydrogen) atoms. The van der Waals surface area contributed by atoms with E-state index in [1.807, 2.05) is 18.5 Å². The van der Waals surface area contributed by atoms with E-state index < -0.39 is 0 Å². The van der Waals surface area contributed by atoms with Gasteiger partial charge in [-0.05, 0) is 52.8 Å². The Morgan fingerprint density at radius 2 is 1.17 bits per heavy atom. The van der Waals surface area contributed by atoms with Crippen molar-refractivity contribution in [3.05, 3.63) is 96.8 Å². The SMILES string of the molecule is CCCCc1ccc(-c2ccnc3c2ccc2c(-c4ccccc4)ccnc23)cc1. The van der Waals surface area contributed by atoms with Crippen molar-refractivity contribution >= 4 is 21.8 Å². The largest absolute Gasteiger partial charge is 0.254 e. The first-order chi connectivity index (χ1) is 14.8. The summed E-state index contributed by atoms with van der Waals surface area (Å²) in [6.45, 7) is 2.24. The summed E-state index contributed by atoms with van der Waals surface area (Å²) in [6, 6.07) is 28.0. The summed E-state index contributed by atoms with van der Waals surface area (Å²) >= 11 is 0. The molecule has 0 radical (unpaired) electrons. The minimum absolute atomic E-state index is 0.954. The lowest BCUT2D eigenvalue weighted by molar-refractivity contribution is 0.795. The van der Waals surface area contributed by atoms with Crippen molar-refractivity contribution in [1.82, 2.24) is 9.97 Å². The van der Waals surface area contributed by atoms with Gasteiger partial charge in [-0.3, -0.25) is 9.97 Å².